The van der Waals surface area contributed by atoms with Gasteiger partial charge < -0.3 is 15.9 Å². The molecule has 0 fully saturated rings. The van der Waals surface area contributed by atoms with Gasteiger partial charge in [0.1, 0.15) is 6.33 Å². The average Bonchev–Trinajstić information content (AvgIpc) is 2.25. The van der Waals surface area contributed by atoms with E-state index in [1.54, 1.807) is 0 Å². The molecule has 0 amide bonds. The zero-order valence-electron chi connectivity index (χ0n) is 8.11. The second kappa shape index (κ2) is 5.58. The number of anilines is 1. The van der Waals surface area contributed by atoms with Crippen LogP contribution in [0.5, 0.6) is 0 Å². The van der Waals surface area contributed by atoms with Gasteiger partial charge in [0.25, 0.3) is 0 Å². The van der Waals surface area contributed by atoms with Gasteiger partial charge in [-0.1, -0.05) is 11.8 Å². The third-order valence-electron chi connectivity index (χ3n) is 1.62. The van der Waals surface area contributed by atoms with Crippen LogP contribution in [0.15, 0.2) is 11.4 Å². The van der Waals surface area contributed by atoms with Crippen LogP contribution in [0.2, 0.25) is 0 Å². The first-order valence-corrected chi connectivity index (χ1v) is 5.21. The van der Waals surface area contributed by atoms with Crippen molar-refractivity contribution in [2.24, 2.45) is 0 Å². The first kappa shape index (κ1) is 12.6. The van der Waals surface area contributed by atoms with Crippen LogP contribution in [0.25, 0.3) is 0 Å². The highest BCUT2D eigenvalue weighted by Gasteiger charge is 2.21. The first-order chi connectivity index (χ1) is 7.56. The molecule has 1 rings (SSSR count). The SMILES string of the molecule is Nc1ncnc(SCC(O)CO)c1[N+](=O)[O-]. The summed E-state index contributed by atoms with van der Waals surface area (Å²) in [6, 6.07) is 0. The van der Waals surface area contributed by atoms with Crippen LogP contribution in [0.4, 0.5) is 11.5 Å². The molecule has 0 radical (unpaired) electrons. The van der Waals surface area contributed by atoms with Gasteiger partial charge in [-0.3, -0.25) is 10.1 Å². The first-order valence-electron chi connectivity index (χ1n) is 4.22. The van der Waals surface area contributed by atoms with E-state index in [9.17, 15) is 10.1 Å². The van der Waals surface area contributed by atoms with Gasteiger partial charge in [-0.15, -0.1) is 0 Å². The molecule has 16 heavy (non-hydrogen) atoms. The Balaban J connectivity index is 2.87. The lowest BCUT2D eigenvalue weighted by atomic mass is 10.4. The molecule has 0 aliphatic carbocycles. The molecule has 1 atom stereocenters. The Kier molecular flexibility index (Phi) is 4.40. The van der Waals surface area contributed by atoms with Crippen molar-refractivity contribution in [1.29, 1.82) is 0 Å². The molecular weight excluding hydrogens is 236 g/mol. The summed E-state index contributed by atoms with van der Waals surface area (Å²) in [6.45, 7) is -0.415. The standard InChI is InChI=1S/C7H10N4O4S/c8-6-5(11(14)15)7(10-3-9-6)16-2-4(13)1-12/h3-4,12-13H,1-2H2,(H2,8,9,10). The third kappa shape index (κ3) is 3.02. The molecule has 0 spiro atoms. The fraction of sp³-hybridized carbons (Fsp3) is 0.429. The molecule has 1 aromatic rings. The molecule has 1 unspecified atom stereocenters. The summed E-state index contributed by atoms with van der Waals surface area (Å²) >= 11 is 0.939. The zero-order valence-corrected chi connectivity index (χ0v) is 8.92. The summed E-state index contributed by atoms with van der Waals surface area (Å²) in [6.07, 6.45) is 0.150. The van der Waals surface area contributed by atoms with Crippen molar-refractivity contribution in [3.63, 3.8) is 0 Å². The topological polar surface area (TPSA) is 135 Å². The van der Waals surface area contributed by atoms with E-state index >= 15 is 0 Å². The lowest BCUT2D eigenvalue weighted by Gasteiger charge is -2.06. The number of thioether (sulfide) groups is 1. The Bertz CT molecular complexity index is 389. The number of aromatic nitrogens is 2. The molecule has 8 nitrogen and oxygen atoms in total. The van der Waals surface area contributed by atoms with E-state index in [2.05, 4.69) is 9.97 Å². The molecular formula is C7H10N4O4S. The minimum atomic E-state index is -0.958. The fourth-order valence-electron chi connectivity index (χ4n) is 0.880. The van der Waals surface area contributed by atoms with Crippen LogP contribution >= 0.6 is 11.8 Å². The van der Waals surface area contributed by atoms with Crippen molar-refractivity contribution in [2.75, 3.05) is 18.1 Å². The number of nitrogen functional groups attached to an aromatic ring is 1. The Morgan fingerprint density at radius 2 is 2.31 bits per heavy atom. The van der Waals surface area contributed by atoms with Crippen LogP contribution in [0, 0.1) is 10.1 Å². The van der Waals surface area contributed by atoms with Gasteiger partial charge in [-0.05, 0) is 0 Å². The van der Waals surface area contributed by atoms with E-state index in [0.717, 1.165) is 18.1 Å². The number of nitro groups is 1. The fourth-order valence-corrected chi connectivity index (χ4v) is 1.77. The number of aliphatic hydroxyl groups excluding tert-OH is 2. The van der Waals surface area contributed by atoms with Gasteiger partial charge in [0.2, 0.25) is 5.82 Å². The summed E-state index contributed by atoms with van der Waals surface area (Å²) < 4.78 is 0. The van der Waals surface area contributed by atoms with Crippen molar-refractivity contribution < 1.29 is 15.1 Å². The van der Waals surface area contributed by atoms with Gasteiger partial charge in [-0.2, -0.15) is 0 Å². The monoisotopic (exact) mass is 246 g/mol. The molecule has 0 aliphatic rings. The number of aliphatic hydroxyl groups is 2. The number of nitrogens with zero attached hydrogens (tertiary/aromatic N) is 3. The second-order valence-corrected chi connectivity index (χ2v) is 3.83. The molecule has 88 valence electrons. The van der Waals surface area contributed by atoms with Gasteiger partial charge >= 0.3 is 5.69 Å². The molecule has 0 aromatic carbocycles. The van der Waals surface area contributed by atoms with E-state index in [4.69, 9.17) is 15.9 Å². The quantitative estimate of drug-likeness (QED) is 0.271. The van der Waals surface area contributed by atoms with E-state index < -0.39 is 17.6 Å². The highest BCUT2D eigenvalue weighted by atomic mass is 32.2. The van der Waals surface area contributed by atoms with Crippen molar-refractivity contribution >= 4 is 23.3 Å². The van der Waals surface area contributed by atoms with Gasteiger partial charge in [-0.25, -0.2) is 9.97 Å². The second-order valence-electron chi connectivity index (χ2n) is 2.82. The maximum atomic E-state index is 10.7. The Morgan fingerprint density at radius 1 is 1.62 bits per heavy atom. The van der Waals surface area contributed by atoms with Gasteiger partial charge in [0, 0.05) is 5.75 Å². The van der Waals surface area contributed by atoms with E-state index in [0.29, 0.717) is 0 Å². The predicted molar refractivity (Wildman–Crippen MR) is 56.9 cm³/mol. The Labute approximate surface area is 94.7 Å². The Morgan fingerprint density at radius 3 is 2.88 bits per heavy atom. The molecule has 1 heterocycles. The number of hydrogen-bond donors (Lipinski definition) is 3. The van der Waals surface area contributed by atoms with E-state index in [1.165, 1.54) is 0 Å². The van der Waals surface area contributed by atoms with Crippen LogP contribution < -0.4 is 5.73 Å². The number of nitrogens with two attached hydrogens (primary N) is 1. The normalized spacial score (nSPS) is 12.4. The smallest absolute Gasteiger partial charge is 0.343 e. The largest absolute Gasteiger partial charge is 0.394 e. The molecule has 0 aliphatic heterocycles. The third-order valence-corrected chi connectivity index (χ3v) is 2.75. The molecule has 0 saturated carbocycles. The predicted octanol–water partition coefficient (Wildman–Crippen LogP) is -0.588. The van der Waals surface area contributed by atoms with Crippen LogP contribution in [-0.2, 0) is 0 Å². The van der Waals surface area contributed by atoms with Crippen LogP contribution in [-0.4, -0.2) is 43.6 Å². The molecule has 9 heteroatoms. The van der Waals surface area contributed by atoms with E-state index in [-0.39, 0.29) is 22.3 Å². The summed E-state index contributed by atoms with van der Waals surface area (Å²) in [4.78, 5) is 17.2. The number of hydrogen-bond acceptors (Lipinski definition) is 8. The van der Waals surface area contributed by atoms with Crippen LogP contribution in [0.3, 0.4) is 0 Å². The highest BCUT2D eigenvalue weighted by molar-refractivity contribution is 7.99. The summed E-state index contributed by atoms with van der Waals surface area (Å²) in [5, 5.41) is 28.4. The average molecular weight is 246 g/mol. The minimum absolute atomic E-state index is 0.0741. The van der Waals surface area contributed by atoms with E-state index in [1.807, 2.05) is 0 Å². The highest BCUT2D eigenvalue weighted by Crippen LogP contribution is 2.30. The van der Waals surface area contributed by atoms with Crippen molar-refractivity contribution in [2.45, 2.75) is 11.1 Å². The summed E-state index contributed by atoms with van der Waals surface area (Å²) in [7, 11) is 0. The lowest BCUT2D eigenvalue weighted by Crippen LogP contribution is -2.15. The Hall–Kier alpha value is -1.45. The molecule has 1 aromatic heterocycles. The van der Waals surface area contributed by atoms with Crippen molar-refractivity contribution in [1.82, 2.24) is 9.97 Å². The minimum Gasteiger partial charge on any atom is -0.394 e. The summed E-state index contributed by atoms with van der Waals surface area (Å²) in [5.74, 6) is -0.130. The van der Waals surface area contributed by atoms with Gasteiger partial charge in [0.15, 0.2) is 5.03 Å². The van der Waals surface area contributed by atoms with Gasteiger partial charge in [0.05, 0.1) is 17.6 Å². The van der Waals surface area contributed by atoms with Crippen LogP contribution in [0.1, 0.15) is 0 Å². The molecule has 4 N–H and O–H groups in total. The zero-order chi connectivity index (χ0) is 12.1. The molecule has 0 bridgehead atoms. The maximum absolute atomic E-state index is 10.7. The van der Waals surface area contributed by atoms with Crippen molar-refractivity contribution in [3.05, 3.63) is 16.4 Å². The lowest BCUT2D eigenvalue weighted by molar-refractivity contribution is -0.387. The number of rotatable bonds is 5. The summed E-state index contributed by atoms with van der Waals surface area (Å²) in [5.41, 5.74) is 4.97. The molecule has 0 saturated heterocycles. The van der Waals surface area contributed by atoms with Crippen molar-refractivity contribution in [3.8, 4) is 0 Å². The maximum Gasteiger partial charge on any atom is 0.343 e.